The Morgan fingerprint density at radius 2 is 1.83 bits per heavy atom. The van der Waals surface area contributed by atoms with Crippen LogP contribution < -0.4 is 0 Å². The van der Waals surface area contributed by atoms with Crippen molar-refractivity contribution in [3.63, 3.8) is 0 Å². The normalized spacial score (nSPS) is 33.2. The molecular weight excluding hydrogens is 286 g/mol. The largest absolute Gasteiger partial charge is 0.387 e. The van der Waals surface area contributed by atoms with Gasteiger partial charge in [0.05, 0.1) is 6.10 Å². The van der Waals surface area contributed by atoms with Gasteiger partial charge < -0.3 is 10.0 Å². The third-order valence-electron chi connectivity index (χ3n) is 6.20. The summed E-state index contributed by atoms with van der Waals surface area (Å²) in [6.07, 6.45) is 1.96. The Hall–Kier alpha value is -0.940. The van der Waals surface area contributed by atoms with Gasteiger partial charge in [-0.05, 0) is 30.5 Å². The Morgan fingerprint density at radius 3 is 2.57 bits per heavy atom. The lowest BCUT2D eigenvalue weighted by Crippen LogP contribution is -2.51. The number of likely N-dealkylation sites (N-methyl/N-ethyl adjacent to an activating group) is 1. The van der Waals surface area contributed by atoms with Crippen LogP contribution in [0.5, 0.6) is 0 Å². The quantitative estimate of drug-likeness (QED) is 0.912. The zero-order valence-corrected chi connectivity index (χ0v) is 14.2. The van der Waals surface area contributed by atoms with E-state index in [1.165, 1.54) is 44.7 Å². The molecule has 2 aliphatic heterocycles. The Labute approximate surface area is 139 Å². The average molecular weight is 315 g/mol. The minimum Gasteiger partial charge on any atom is -0.387 e. The highest BCUT2D eigenvalue weighted by Gasteiger charge is 2.39. The fourth-order valence-electron chi connectivity index (χ4n) is 4.69. The predicted octanol–water partition coefficient (Wildman–Crippen LogP) is 1.36. The maximum atomic E-state index is 10.7. The SMILES string of the molecule is CCN1CCN(C2CCN(C3Cc4ccccc4C3O)C2)CC1. The topological polar surface area (TPSA) is 30.0 Å². The second-order valence-electron chi connectivity index (χ2n) is 7.32. The van der Waals surface area contributed by atoms with Crippen LogP contribution in [0.15, 0.2) is 24.3 Å². The van der Waals surface area contributed by atoms with Crippen molar-refractivity contribution in [1.82, 2.24) is 14.7 Å². The van der Waals surface area contributed by atoms with Crippen LogP contribution in [0, 0.1) is 0 Å². The van der Waals surface area contributed by atoms with Crippen molar-refractivity contribution >= 4 is 0 Å². The van der Waals surface area contributed by atoms with E-state index < -0.39 is 0 Å². The first-order valence-corrected chi connectivity index (χ1v) is 9.22. The van der Waals surface area contributed by atoms with Gasteiger partial charge in [0.15, 0.2) is 0 Å². The highest BCUT2D eigenvalue weighted by Crippen LogP contribution is 2.36. The molecule has 2 saturated heterocycles. The summed E-state index contributed by atoms with van der Waals surface area (Å²) in [5, 5.41) is 10.7. The lowest BCUT2D eigenvalue weighted by atomic mass is 10.1. The van der Waals surface area contributed by atoms with Gasteiger partial charge in [-0.15, -0.1) is 0 Å². The van der Waals surface area contributed by atoms with E-state index in [0.29, 0.717) is 6.04 Å². The molecule has 1 aromatic carbocycles. The number of piperazine rings is 1. The summed E-state index contributed by atoms with van der Waals surface area (Å²) in [6.45, 7) is 10.5. The van der Waals surface area contributed by atoms with Crippen LogP contribution in [0.1, 0.15) is 30.6 Å². The van der Waals surface area contributed by atoms with Crippen LogP contribution in [-0.4, -0.2) is 77.7 Å². The number of rotatable bonds is 3. The number of nitrogens with zero attached hydrogens (tertiary/aromatic N) is 3. The van der Waals surface area contributed by atoms with Crippen molar-refractivity contribution < 1.29 is 5.11 Å². The van der Waals surface area contributed by atoms with Gasteiger partial charge in [-0.25, -0.2) is 0 Å². The molecule has 2 heterocycles. The van der Waals surface area contributed by atoms with Crippen LogP contribution in [0.25, 0.3) is 0 Å². The number of aliphatic hydroxyl groups excluding tert-OH is 1. The molecule has 4 heteroatoms. The first-order chi connectivity index (χ1) is 11.3. The van der Waals surface area contributed by atoms with Crippen molar-refractivity contribution in [2.24, 2.45) is 0 Å². The number of hydrogen-bond donors (Lipinski definition) is 1. The minimum absolute atomic E-state index is 0.286. The molecule has 3 atom stereocenters. The Bertz CT molecular complexity index is 541. The molecule has 23 heavy (non-hydrogen) atoms. The molecule has 1 aliphatic carbocycles. The van der Waals surface area contributed by atoms with Gasteiger partial charge >= 0.3 is 0 Å². The standard InChI is InChI=1S/C19H29N3O/c1-2-20-9-11-21(12-10-20)16-7-8-22(14-16)18-13-15-5-3-4-6-17(15)19(18)23/h3-6,16,18-19,23H,2,7-14H2,1H3. The fraction of sp³-hybridized carbons (Fsp3) is 0.684. The lowest BCUT2D eigenvalue weighted by molar-refractivity contribution is 0.0616. The molecule has 0 saturated carbocycles. The number of fused-ring (bicyclic) bond motifs is 1. The summed E-state index contributed by atoms with van der Waals surface area (Å²) in [4.78, 5) is 7.77. The Balaban J connectivity index is 1.36. The number of benzene rings is 1. The molecule has 3 aliphatic rings. The molecule has 3 unspecified atom stereocenters. The van der Waals surface area contributed by atoms with Crippen LogP contribution in [0.2, 0.25) is 0 Å². The van der Waals surface area contributed by atoms with Crippen molar-refractivity contribution in [2.75, 3.05) is 45.8 Å². The van der Waals surface area contributed by atoms with E-state index in [-0.39, 0.29) is 12.1 Å². The van der Waals surface area contributed by atoms with Crippen molar-refractivity contribution in [2.45, 2.75) is 38.0 Å². The minimum atomic E-state index is -0.304. The van der Waals surface area contributed by atoms with Gasteiger partial charge in [-0.3, -0.25) is 9.80 Å². The summed E-state index contributed by atoms with van der Waals surface area (Å²) < 4.78 is 0. The molecule has 0 bridgehead atoms. The fourth-order valence-corrected chi connectivity index (χ4v) is 4.69. The first kappa shape index (κ1) is 15.6. The van der Waals surface area contributed by atoms with Crippen LogP contribution in [0.4, 0.5) is 0 Å². The van der Waals surface area contributed by atoms with E-state index in [4.69, 9.17) is 0 Å². The Kier molecular flexibility index (Phi) is 4.41. The van der Waals surface area contributed by atoms with E-state index in [1.807, 2.05) is 6.07 Å². The molecule has 2 fully saturated rings. The van der Waals surface area contributed by atoms with Gasteiger partial charge in [-0.1, -0.05) is 31.2 Å². The maximum absolute atomic E-state index is 10.7. The second kappa shape index (κ2) is 6.52. The van der Waals surface area contributed by atoms with Crippen molar-refractivity contribution in [3.8, 4) is 0 Å². The molecule has 1 N–H and O–H groups in total. The van der Waals surface area contributed by atoms with Crippen LogP contribution >= 0.6 is 0 Å². The molecule has 0 radical (unpaired) electrons. The zero-order valence-electron chi connectivity index (χ0n) is 14.2. The van der Waals surface area contributed by atoms with Crippen molar-refractivity contribution in [1.29, 1.82) is 0 Å². The molecule has 0 spiro atoms. The molecule has 4 nitrogen and oxygen atoms in total. The van der Waals surface area contributed by atoms with E-state index in [0.717, 1.165) is 25.1 Å². The monoisotopic (exact) mass is 315 g/mol. The average Bonchev–Trinajstić information content (AvgIpc) is 3.20. The molecule has 0 amide bonds. The molecule has 4 rings (SSSR count). The maximum Gasteiger partial charge on any atom is 0.0951 e. The molecule has 1 aromatic rings. The third kappa shape index (κ3) is 2.93. The highest BCUT2D eigenvalue weighted by atomic mass is 16.3. The van der Waals surface area contributed by atoms with E-state index in [2.05, 4.69) is 39.8 Å². The smallest absolute Gasteiger partial charge is 0.0951 e. The van der Waals surface area contributed by atoms with Gasteiger partial charge in [0.2, 0.25) is 0 Å². The van der Waals surface area contributed by atoms with E-state index >= 15 is 0 Å². The Morgan fingerprint density at radius 1 is 1.04 bits per heavy atom. The molecule has 0 aromatic heterocycles. The predicted molar refractivity (Wildman–Crippen MR) is 92.6 cm³/mol. The molecular formula is C19H29N3O. The van der Waals surface area contributed by atoms with Gasteiger partial charge in [0, 0.05) is 51.4 Å². The van der Waals surface area contributed by atoms with E-state index in [1.54, 1.807) is 0 Å². The number of aliphatic hydroxyl groups is 1. The van der Waals surface area contributed by atoms with Crippen LogP contribution in [0.3, 0.4) is 0 Å². The molecule has 126 valence electrons. The van der Waals surface area contributed by atoms with Crippen molar-refractivity contribution in [3.05, 3.63) is 35.4 Å². The number of hydrogen-bond acceptors (Lipinski definition) is 4. The summed E-state index contributed by atoms with van der Waals surface area (Å²) >= 11 is 0. The van der Waals surface area contributed by atoms with Gasteiger partial charge in [-0.2, -0.15) is 0 Å². The lowest BCUT2D eigenvalue weighted by Gasteiger charge is -2.38. The van der Waals surface area contributed by atoms with Gasteiger partial charge in [0.1, 0.15) is 0 Å². The summed E-state index contributed by atoms with van der Waals surface area (Å²) in [5.74, 6) is 0. The number of likely N-dealkylation sites (tertiary alicyclic amines) is 1. The second-order valence-corrected chi connectivity index (χ2v) is 7.32. The van der Waals surface area contributed by atoms with E-state index in [9.17, 15) is 5.11 Å². The summed E-state index contributed by atoms with van der Waals surface area (Å²) in [7, 11) is 0. The van der Waals surface area contributed by atoms with Gasteiger partial charge in [0.25, 0.3) is 0 Å². The van der Waals surface area contributed by atoms with Crippen LogP contribution in [-0.2, 0) is 6.42 Å². The first-order valence-electron chi connectivity index (χ1n) is 9.22. The summed E-state index contributed by atoms with van der Waals surface area (Å²) in [6, 6.07) is 9.38. The third-order valence-corrected chi connectivity index (χ3v) is 6.20. The highest BCUT2D eigenvalue weighted by molar-refractivity contribution is 5.36. The zero-order chi connectivity index (χ0) is 15.8. The summed E-state index contributed by atoms with van der Waals surface area (Å²) in [5.41, 5.74) is 2.49.